The number of hydrogen-bond acceptors (Lipinski definition) is 3. The lowest BCUT2D eigenvalue weighted by atomic mass is 10.0. The molecule has 1 saturated heterocycles. The van der Waals surface area contributed by atoms with Crippen LogP contribution in [0.15, 0.2) is 0 Å². The first-order valence-electron chi connectivity index (χ1n) is 6.87. The van der Waals surface area contributed by atoms with Gasteiger partial charge in [-0.05, 0) is 31.7 Å². The Morgan fingerprint density at radius 1 is 1.44 bits per heavy atom. The van der Waals surface area contributed by atoms with E-state index in [4.69, 9.17) is 5.73 Å². The summed E-state index contributed by atoms with van der Waals surface area (Å²) < 4.78 is 0. The summed E-state index contributed by atoms with van der Waals surface area (Å²) in [6.45, 7) is 5.68. The third-order valence-electron chi connectivity index (χ3n) is 3.46. The quantitative estimate of drug-likeness (QED) is 0.750. The van der Waals surface area contributed by atoms with Gasteiger partial charge >= 0.3 is 0 Å². The summed E-state index contributed by atoms with van der Waals surface area (Å²) in [5.74, 6) is 0.311. The van der Waals surface area contributed by atoms with Crippen LogP contribution in [0.4, 0.5) is 0 Å². The number of nitrogens with two attached hydrogens (primary N) is 1. The number of likely N-dealkylation sites (tertiary alicyclic amines) is 1. The lowest BCUT2D eigenvalue weighted by Gasteiger charge is -2.34. The van der Waals surface area contributed by atoms with E-state index in [1.807, 2.05) is 13.8 Å². The van der Waals surface area contributed by atoms with Gasteiger partial charge in [-0.2, -0.15) is 0 Å². The topological polar surface area (TPSA) is 75.4 Å². The molecule has 2 amide bonds. The molecule has 0 aromatic heterocycles. The standard InChI is InChI=1S/C13H25N3O2/c1-3-12(17)16-7-5-4-6-11(16)13(18)15-9-10(2)8-14/h10-11H,3-9,14H2,1-2H3,(H,15,18). The van der Waals surface area contributed by atoms with Crippen molar-refractivity contribution in [2.75, 3.05) is 19.6 Å². The Balaban J connectivity index is 2.54. The van der Waals surface area contributed by atoms with Gasteiger partial charge < -0.3 is 16.0 Å². The molecule has 1 heterocycles. The first kappa shape index (κ1) is 15.0. The van der Waals surface area contributed by atoms with E-state index in [1.165, 1.54) is 0 Å². The maximum Gasteiger partial charge on any atom is 0.242 e. The Morgan fingerprint density at radius 2 is 2.17 bits per heavy atom. The van der Waals surface area contributed by atoms with Crippen LogP contribution >= 0.6 is 0 Å². The molecule has 3 N–H and O–H groups in total. The molecule has 1 aliphatic heterocycles. The lowest BCUT2D eigenvalue weighted by Crippen LogP contribution is -2.52. The number of amides is 2. The predicted molar refractivity (Wildman–Crippen MR) is 70.9 cm³/mol. The highest BCUT2D eigenvalue weighted by Crippen LogP contribution is 2.18. The number of hydrogen-bond donors (Lipinski definition) is 2. The number of carbonyl (C=O) groups is 2. The Kier molecular flexibility index (Phi) is 6.12. The molecule has 2 unspecified atom stereocenters. The molecule has 5 nitrogen and oxygen atoms in total. The Hall–Kier alpha value is -1.10. The second-order valence-electron chi connectivity index (χ2n) is 5.04. The molecule has 0 aliphatic carbocycles. The molecule has 0 aromatic rings. The molecule has 0 spiro atoms. The largest absolute Gasteiger partial charge is 0.354 e. The van der Waals surface area contributed by atoms with Gasteiger partial charge in [0.1, 0.15) is 6.04 Å². The fourth-order valence-electron chi connectivity index (χ4n) is 2.18. The van der Waals surface area contributed by atoms with Crippen molar-refractivity contribution in [3.8, 4) is 0 Å². The summed E-state index contributed by atoms with van der Waals surface area (Å²) in [5.41, 5.74) is 5.52. The fraction of sp³-hybridized carbons (Fsp3) is 0.846. The molecule has 2 atom stereocenters. The summed E-state index contributed by atoms with van der Waals surface area (Å²) >= 11 is 0. The minimum atomic E-state index is -0.281. The van der Waals surface area contributed by atoms with Crippen molar-refractivity contribution < 1.29 is 9.59 Å². The second kappa shape index (κ2) is 7.36. The summed E-state index contributed by atoms with van der Waals surface area (Å²) in [5, 5.41) is 2.90. The van der Waals surface area contributed by atoms with Gasteiger partial charge in [-0.3, -0.25) is 9.59 Å². The van der Waals surface area contributed by atoms with E-state index in [1.54, 1.807) is 4.90 Å². The van der Waals surface area contributed by atoms with E-state index in [0.717, 1.165) is 19.3 Å². The van der Waals surface area contributed by atoms with Crippen LogP contribution in [0.2, 0.25) is 0 Å². The number of rotatable bonds is 5. The van der Waals surface area contributed by atoms with Crippen molar-refractivity contribution in [2.24, 2.45) is 11.7 Å². The average molecular weight is 255 g/mol. The second-order valence-corrected chi connectivity index (χ2v) is 5.04. The van der Waals surface area contributed by atoms with E-state index in [2.05, 4.69) is 5.32 Å². The van der Waals surface area contributed by atoms with Crippen LogP contribution < -0.4 is 11.1 Å². The van der Waals surface area contributed by atoms with E-state index < -0.39 is 0 Å². The molecular weight excluding hydrogens is 230 g/mol. The average Bonchev–Trinajstić information content (AvgIpc) is 2.43. The number of piperidine rings is 1. The van der Waals surface area contributed by atoms with Gasteiger partial charge in [0.2, 0.25) is 11.8 Å². The number of carbonyl (C=O) groups excluding carboxylic acids is 2. The molecule has 5 heteroatoms. The zero-order valence-corrected chi connectivity index (χ0v) is 11.4. The van der Waals surface area contributed by atoms with Crippen molar-refractivity contribution in [3.63, 3.8) is 0 Å². The van der Waals surface area contributed by atoms with E-state index in [0.29, 0.717) is 26.1 Å². The zero-order chi connectivity index (χ0) is 13.5. The number of nitrogens with zero attached hydrogens (tertiary/aromatic N) is 1. The van der Waals surface area contributed by atoms with Crippen LogP contribution in [-0.4, -0.2) is 42.4 Å². The maximum atomic E-state index is 12.1. The zero-order valence-electron chi connectivity index (χ0n) is 11.4. The van der Waals surface area contributed by atoms with Gasteiger partial charge in [0.05, 0.1) is 0 Å². The van der Waals surface area contributed by atoms with E-state index in [-0.39, 0.29) is 23.8 Å². The molecule has 0 bridgehead atoms. The molecule has 1 rings (SSSR count). The molecule has 18 heavy (non-hydrogen) atoms. The minimum Gasteiger partial charge on any atom is -0.354 e. The summed E-state index contributed by atoms with van der Waals surface area (Å²) in [7, 11) is 0. The van der Waals surface area contributed by atoms with Crippen molar-refractivity contribution >= 4 is 11.8 Å². The van der Waals surface area contributed by atoms with Gasteiger partial charge in [0, 0.05) is 19.5 Å². The lowest BCUT2D eigenvalue weighted by molar-refractivity contribution is -0.142. The first-order valence-corrected chi connectivity index (χ1v) is 6.87. The summed E-state index contributed by atoms with van der Waals surface area (Å²) in [6.07, 6.45) is 3.24. The molecule has 0 aromatic carbocycles. The molecular formula is C13H25N3O2. The van der Waals surface area contributed by atoms with E-state index >= 15 is 0 Å². The normalized spacial score (nSPS) is 21.5. The minimum absolute atomic E-state index is 0.0307. The highest BCUT2D eigenvalue weighted by atomic mass is 16.2. The Morgan fingerprint density at radius 3 is 2.78 bits per heavy atom. The Labute approximate surface area is 109 Å². The van der Waals surface area contributed by atoms with E-state index in [9.17, 15) is 9.59 Å². The van der Waals surface area contributed by atoms with Crippen molar-refractivity contribution in [3.05, 3.63) is 0 Å². The first-order chi connectivity index (χ1) is 8.60. The molecule has 0 radical (unpaired) electrons. The number of nitrogens with one attached hydrogen (secondary N) is 1. The van der Waals surface area contributed by atoms with Crippen LogP contribution in [0.1, 0.15) is 39.5 Å². The summed E-state index contributed by atoms with van der Waals surface area (Å²) in [6, 6.07) is -0.281. The molecule has 104 valence electrons. The van der Waals surface area contributed by atoms with Gasteiger partial charge in [0.25, 0.3) is 0 Å². The molecule has 0 saturated carbocycles. The van der Waals surface area contributed by atoms with Crippen molar-refractivity contribution in [2.45, 2.75) is 45.6 Å². The molecule has 1 fully saturated rings. The van der Waals surface area contributed by atoms with Gasteiger partial charge in [0.15, 0.2) is 0 Å². The highest BCUT2D eigenvalue weighted by Gasteiger charge is 2.31. The van der Waals surface area contributed by atoms with Crippen LogP contribution in [0.5, 0.6) is 0 Å². The summed E-state index contributed by atoms with van der Waals surface area (Å²) in [4.78, 5) is 25.6. The SMILES string of the molecule is CCC(=O)N1CCCCC1C(=O)NCC(C)CN. The smallest absolute Gasteiger partial charge is 0.242 e. The monoisotopic (exact) mass is 255 g/mol. The fourth-order valence-corrected chi connectivity index (χ4v) is 2.18. The van der Waals surface area contributed by atoms with Crippen LogP contribution in [0, 0.1) is 5.92 Å². The predicted octanol–water partition coefficient (Wildman–Crippen LogP) is 0.489. The Bertz CT molecular complexity index is 294. The van der Waals surface area contributed by atoms with Crippen LogP contribution in [-0.2, 0) is 9.59 Å². The highest BCUT2D eigenvalue weighted by molar-refractivity contribution is 5.87. The molecule has 1 aliphatic rings. The van der Waals surface area contributed by atoms with Gasteiger partial charge in [-0.1, -0.05) is 13.8 Å². The van der Waals surface area contributed by atoms with Gasteiger partial charge in [-0.15, -0.1) is 0 Å². The third kappa shape index (κ3) is 3.98. The van der Waals surface area contributed by atoms with Crippen LogP contribution in [0.25, 0.3) is 0 Å². The van der Waals surface area contributed by atoms with Crippen LogP contribution in [0.3, 0.4) is 0 Å². The van der Waals surface area contributed by atoms with Gasteiger partial charge in [-0.25, -0.2) is 0 Å². The maximum absolute atomic E-state index is 12.1. The van der Waals surface area contributed by atoms with Crippen molar-refractivity contribution in [1.29, 1.82) is 0 Å². The van der Waals surface area contributed by atoms with Crippen molar-refractivity contribution in [1.82, 2.24) is 10.2 Å². The third-order valence-corrected chi connectivity index (χ3v) is 3.46.